The predicted molar refractivity (Wildman–Crippen MR) is 100 cm³/mol. The molecule has 0 radical (unpaired) electrons. The van der Waals surface area contributed by atoms with E-state index in [0.29, 0.717) is 0 Å². The molecular weight excluding hydrogens is 314 g/mol. The first-order valence-electron chi connectivity index (χ1n) is 8.42. The van der Waals surface area contributed by atoms with Gasteiger partial charge in [0.25, 0.3) is 0 Å². The van der Waals surface area contributed by atoms with E-state index in [2.05, 4.69) is 35.8 Å². The van der Waals surface area contributed by atoms with Crippen LogP contribution in [0.4, 0.5) is 17.6 Å². The summed E-state index contributed by atoms with van der Waals surface area (Å²) in [5.41, 5.74) is 0.987. The molecule has 3 aromatic rings. The van der Waals surface area contributed by atoms with E-state index in [4.69, 9.17) is 0 Å². The van der Waals surface area contributed by atoms with Gasteiger partial charge in [0.15, 0.2) is 0 Å². The first-order valence-corrected chi connectivity index (χ1v) is 8.42. The maximum Gasteiger partial charge on any atom is 0.226 e. The average Bonchev–Trinajstić information content (AvgIpc) is 2.68. The number of hydrogen-bond acceptors (Lipinski definition) is 7. The van der Waals surface area contributed by atoms with Gasteiger partial charge >= 0.3 is 0 Å². The molecule has 0 unspecified atom stereocenters. The van der Waals surface area contributed by atoms with Crippen molar-refractivity contribution in [1.29, 1.82) is 0 Å². The lowest BCUT2D eigenvalue weighted by Crippen LogP contribution is -2.47. The molecule has 0 spiro atoms. The van der Waals surface area contributed by atoms with Crippen molar-refractivity contribution in [1.82, 2.24) is 19.9 Å². The molecule has 128 valence electrons. The van der Waals surface area contributed by atoms with Crippen LogP contribution in [-0.4, -0.2) is 60.2 Å². The molecule has 7 nitrogen and oxygen atoms in total. The highest BCUT2D eigenvalue weighted by Crippen LogP contribution is 2.24. The highest BCUT2D eigenvalue weighted by molar-refractivity contribution is 5.89. The average molecular weight is 335 g/mol. The molecule has 1 aliphatic heterocycles. The van der Waals surface area contributed by atoms with E-state index in [1.165, 1.54) is 0 Å². The summed E-state index contributed by atoms with van der Waals surface area (Å²) >= 11 is 0. The van der Waals surface area contributed by atoms with Crippen molar-refractivity contribution < 1.29 is 0 Å². The van der Waals surface area contributed by atoms with Crippen LogP contribution in [0.25, 0.3) is 10.9 Å². The van der Waals surface area contributed by atoms with Crippen LogP contribution in [0.1, 0.15) is 0 Å². The van der Waals surface area contributed by atoms with Gasteiger partial charge in [0.2, 0.25) is 5.95 Å². The molecule has 4 rings (SSSR count). The first-order chi connectivity index (χ1) is 12.2. The third-order valence-electron chi connectivity index (χ3n) is 4.45. The van der Waals surface area contributed by atoms with Gasteiger partial charge in [0, 0.05) is 51.9 Å². The Morgan fingerprint density at radius 3 is 2.44 bits per heavy atom. The number of nitrogens with zero attached hydrogens (tertiary/aromatic N) is 7. The van der Waals surface area contributed by atoms with E-state index >= 15 is 0 Å². The number of hydrogen-bond donors (Lipinski definition) is 0. The molecule has 7 heteroatoms. The number of fused-ring (bicyclic) bond motifs is 1. The number of para-hydroxylation sites is 1. The molecule has 1 aliphatic rings. The summed E-state index contributed by atoms with van der Waals surface area (Å²) in [6, 6.07) is 10.1. The highest BCUT2D eigenvalue weighted by atomic mass is 15.3. The van der Waals surface area contributed by atoms with Gasteiger partial charge in [-0.25, -0.2) is 15.0 Å². The Morgan fingerprint density at radius 2 is 1.64 bits per heavy atom. The first kappa shape index (κ1) is 15.6. The Labute approximate surface area is 147 Å². The second-order valence-corrected chi connectivity index (χ2v) is 6.30. The summed E-state index contributed by atoms with van der Waals surface area (Å²) in [5.74, 6) is 2.73. The van der Waals surface area contributed by atoms with Gasteiger partial charge in [0.1, 0.15) is 18.0 Å². The zero-order valence-electron chi connectivity index (χ0n) is 14.5. The molecule has 0 atom stereocenters. The summed E-state index contributed by atoms with van der Waals surface area (Å²) in [5, 5.41) is 1.11. The molecule has 3 heterocycles. The van der Waals surface area contributed by atoms with E-state index < -0.39 is 0 Å². The van der Waals surface area contributed by atoms with Crippen LogP contribution in [0, 0.1) is 0 Å². The Kier molecular flexibility index (Phi) is 4.05. The molecule has 0 bridgehead atoms. The van der Waals surface area contributed by atoms with Crippen molar-refractivity contribution in [3.63, 3.8) is 0 Å². The van der Waals surface area contributed by atoms with Crippen LogP contribution in [0.2, 0.25) is 0 Å². The van der Waals surface area contributed by atoms with Crippen molar-refractivity contribution in [2.75, 3.05) is 55.0 Å². The van der Waals surface area contributed by atoms with Crippen molar-refractivity contribution in [3.8, 4) is 0 Å². The maximum atomic E-state index is 4.64. The van der Waals surface area contributed by atoms with E-state index in [1.54, 1.807) is 6.33 Å². The van der Waals surface area contributed by atoms with Crippen molar-refractivity contribution in [3.05, 3.63) is 42.9 Å². The van der Waals surface area contributed by atoms with Gasteiger partial charge in [-0.3, -0.25) is 0 Å². The molecule has 0 saturated carbocycles. The summed E-state index contributed by atoms with van der Waals surface area (Å²) < 4.78 is 0. The van der Waals surface area contributed by atoms with Gasteiger partial charge in [-0.1, -0.05) is 12.1 Å². The maximum absolute atomic E-state index is 4.64. The van der Waals surface area contributed by atoms with Crippen LogP contribution < -0.4 is 14.7 Å². The molecule has 0 aliphatic carbocycles. The largest absolute Gasteiger partial charge is 0.353 e. The zero-order valence-corrected chi connectivity index (χ0v) is 14.5. The highest BCUT2D eigenvalue weighted by Gasteiger charge is 2.21. The minimum absolute atomic E-state index is 0.738. The van der Waals surface area contributed by atoms with E-state index in [9.17, 15) is 0 Å². The second kappa shape index (κ2) is 6.51. The number of aromatic nitrogens is 4. The van der Waals surface area contributed by atoms with Crippen LogP contribution in [0.5, 0.6) is 0 Å². The lowest BCUT2D eigenvalue weighted by Gasteiger charge is -2.36. The third kappa shape index (κ3) is 3.05. The molecule has 1 saturated heterocycles. The Bertz CT molecular complexity index is 867. The number of benzene rings is 1. The minimum Gasteiger partial charge on any atom is -0.353 e. The molecular formula is C18H21N7. The Hall–Kier alpha value is -2.96. The summed E-state index contributed by atoms with van der Waals surface area (Å²) in [6.07, 6.45) is 3.47. The molecule has 1 aromatic carbocycles. The fourth-order valence-electron chi connectivity index (χ4n) is 3.12. The molecule has 0 N–H and O–H groups in total. The lowest BCUT2D eigenvalue weighted by molar-refractivity contribution is 0.642. The van der Waals surface area contributed by atoms with E-state index in [-0.39, 0.29) is 0 Å². The topological polar surface area (TPSA) is 61.3 Å². The minimum atomic E-state index is 0.738. The van der Waals surface area contributed by atoms with Gasteiger partial charge in [-0.2, -0.15) is 4.98 Å². The van der Waals surface area contributed by atoms with Gasteiger partial charge < -0.3 is 14.7 Å². The second-order valence-electron chi connectivity index (χ2n) is 6.30. The van der Waals surface area contributed by atoms with Crippen molar-refractivity contribution >= 4 is 28.5 Å². The molecule has 1 fully saturated rings. The van der Waals surface area contributed by atoms with Crippen molar-refractivity contribution in [2.24, 2.45) is 0 Å². The third-order valence-corrected chi connectivity index (χ3v) is 4.45. The van der Waals surface area contributed by atoms with Crippen LogP contribution in [0.15, 0.2) is 42.9 Å². The molecule has 2 aromatic heterocycles. The van der Waals surface area contributed by atoms with Crippen LogP contribution in [0.3, 0.4) is 0 Å². The van der Waals surface area contributed by atoms with E-state index in [1.807, 2.05) is 49.5 Å². The lowest BCUT2D eigenvalue weighted by atomic mass is 10.2. The monoisotopic (exact) mass is 335 g/mol. The zero-order chi connectivity index (χ0) is 17.2. The van der Waals surface area contributed by atoms with Gasteiger partial charge in [-0.15, -0.1) is 0 Å². The Morgan fingerprint density at radius 1 is 0.880 bits per heavy atom. The van der Waals surface area contributed by atoms with Crippen LogP contribution >= 0.6 is 0 Å². The smallest absolute Gasteiger partial charge is 0.226 e. The molecule has 0 amide bonds. The van der Waals surface area contributed by atoms with Crippen LogP contribution in [-0.2, 0) is 0 Å². The number of piperazine rings is 1. The fraction of sp³-hybridized carbons (Fsp3) is 0.333. The van der Waals surface area contributed by atoms with Gasteiger partial charge in [-0.05, 0) is 18.2 Å². The fourth-order valence-corrected chi connectivity index (χ4v) is 3.12. The normalized spacial score (nSPS) is 14.8. The SMILES string of the molecule is CN(C)c1nccc(N2CCN(c3ncnc4ccccc34)CC2)n1. The van der Waals surface area contributed by atoms with Gasteiger partial charge in [0.05, 0.1) is 5.52 Å². The van der Waals surface area contributed by atoms with E-state index in [0.717, 1.165) is 54.7 Å². The summed E-state index contributed by atoms with van der Waals surface area (Å²) in [4.78, 5) is 24.4. The Balaban J connectivity index is 1.52. The van der Waals surface area contributed by atoms with Crippen molar-refractivity contribution in [2.45, 2.75) is 0 Å². The summed E-state index contributed by atoms with van der Waals surface area (Å²) in [7, 11) is 3.91. The molecule has 25 heavy (non-hydrogen) atoms. The number of rotatable bonds is 3. The predicted octanol–water partition coefficient (Wildman–Crippen LogP) is 1.81. The summed E-state index contributed by atoms with van der Waals surface area (Å²) in [6.45, 7) is 3.62. The quantitative estimate of drug-likeness (QED) is 0.723. The number of anilines is 3. The standard InChI is InChI=1S/C18H21N7/c1-23(2)18-19-8-7-16(22-18)24-9-11-25(12-10-24)17-14-5-3-4-6-15(14)20-13-21-17/h3-8,13H,9-12H2,1-2H3.